The standard InChI is InChI=1S/C13H19N3O4S/c1-10-11(13(17)20-3)4-5-12(14-10)21(18,19)16-8-6-15(2)7-9-16/h4-5H,6-9H2,1-3H3. The SMILES string of the molecule is COC(=O)c1ccc(S(=O)(=O)N2CCN(C)CC2)nc1C. The van der Waals surface area contributed by atoms with Crippen LogP contribution in [0, 0.1) is 6.92 Å². The third kappa shape index (κ3) is 3.22. The molecule has 1 aromatic heterocycles. The van der Waals surface area contributed by atoms with E-state index in [9.17, 15) is 13.2 Å². The Morgan fingerprint density at radius 1 is 1.24 bits per heavy atom. The molecule has 1 aliphatic rings. The molecule has 21 heavy (non-hydrogen) atoms. The lowest BCUT2D eigenvalue weighted by Gasteiger charge is -2.31. The minimum absolute atomic E-state index is 0.0304. The molecule has 0 radical (unpaired) electrons. The number of nitrogens with zero attached hydrogens (tertiary/aromatic N) is 3. The zero-order valence-corrected chi connectivity index (χ0v) is 13.2. The van der Waals surface area contributed by atoms with E-state index in [1.807, 2.05) is 7.05 Å². The van der Waals surface area contributed by atoms with Crippen molar-refractivity contribution in [2.45, 2.75) is 11.9 Å². The maximum atomic E-state index is 12.5. The Morgan fingerprint density at radius 2 is 1.86 bits per heavy atom. The largest absolute Gasteiger partial charge is 0.465 e. The van der Waals surface area contributed by atoms with Gasteiger partial charge in [0.25, 0.3) is 10.0 Å². The van der Waals surface area contributed by atoms with Crippen LogP contribution < -0.4 is 0 Å². The van der Waals surface area contributed by atoms with Gasteiger partial charge in [-0.15, -0.1) is 0 Å². The second-order valence-corrected chi connectivity index (χ2v) is 6.87. The molecule has 1 aliphatic heterocycles. The van der Waals surface area contributed by atoms with E-state index in [2.05, 4.69) is 14.6 Å². The first kappa shape index (κ1) is 15.9. The molecule has 2 rings (SSSR count). The van der Waals surface area contributed by atoms with Crippen LogP contribution in [0.1, 0.15) is 16.1 Å². The molecule has 0 unspecified atom stereocenters. The van der Waals surface area contributed by atoms with Crippen LogP contribution in [0.15, 0.2) is 17.2 Å². The summed E-state index contributed by atoms with van der Waals surface area (Å²) in [6.07, 6.45) is 0. The Kier molecular flexibility index (Phi) is 4.60. The molecule has 1 aromatic rings. The average Bonchev–Trinajstić information content (AvgIpc) is 2.46. The molecule has 2 heterocycles. The fraction of sp³-hybridized carbons (Fsp3) is 0.538. The fourth-order valence-electron chi connectivity index (χ4n) is 2.17. The molecule has 0 N–H and O–H groups in total. The van der Waals surface area contributed by atoms with Crippen LogP contribution in [-0.2, 0) is 14.8 Å². The number of rotatable bonds is 3. The number of likely N-dealkylation sites (N-methyl/N-ethyl adjacent to an activating group) is 1. The van der Waals surface area contributed by atoms with Gasteiger partial charge in [-0.3, -0.25) is 0 Å². The summed E-state index contributed by atoms with van der Waals surface area (Å²) < 4.78 is 31.1. The summed E-state index contributed by atoms with van der Waals surface area (Å²) in [6.45, 7) is 3.86. The predicted molar refractivity (Wildman–Crippen MR) is 76.6 cm³/mol. The molecule has 0 amide bonds. The quantitative estimate of drug-likeness (QED) is 0.737. The maximum Gasteiger partial charge on any atom is 0.339 e. The minimum Gasteiger partial charge on any atom is -0.465 e. The molecule has 0 aromatic carbocycles. The molecule has 0 spiro atoms. The summed E-state index contributed by atoms with van der Waals surface area (Å²) in [6, 6.07) is 2.80. The number of aryl methyl sites for hydroxylation is 1. The number of sulfonamides is 1. The van der Waals surface area contributed by atoms with Crippen molar-refractivity contribution in [3.63, 3.8) is 0 Å². The molecule has 1 saturated heterocycles. The number of piperazine rings is 1. The van der Waals surface area contributed by atoms with E-state index in [4.69, 9.17) is 0 Å². The third-order valence-corrected chi connectivity index (χ3v) is 5.33. The third-order valence-electron chi connectivity index (χ3n) is 3.53. The number of hydrogen-bond acceptors (Lipinski definition) is 6. The number of carbonyl (C=O) groups is 1. The first-order chi connectivity index (χ1) is 9.86. The highest BCUT2D eigenvalue weighted by atomic mass is 32.2. The number of ether oxygens (including phenoxy) is 1. The number of methoxy groups -OCH3 is 1. The van der Waals surface area contributed by atoms with Crippen LogP contribution in [-0.4, -0.2) is 68.9 Å². The van der Waals surface area contributed by atoms with Crippen molar-refractivity contribution < 1.29 is 17.9 Å². The fourth-order valence-corrected chi connectivity index (χ4v) is 3.57. The lowest BCUT2D eigenvalue weighted by atomic mass is 10.2. The molecule has 8 heteroatoms. The van der Waals surface area contributed by atoms with Gasteiger partial charge in [0.15, 0.2) is 5.03 Å². The second kappa shape index (κ2) is 6.08. The Balaban J connectivity index is 2.29. The monoisotopic (exact) mass is 313 g/mol. The lowest BCUT2D eigenvalue weighted by molar-refractivity contribution is 0.0599. The summed E-state index contributed by atoms with van der Waals surface area (Å²) in [5.74, 6) is -0.524. The predicted octanol–water partition coefficient (Wildman–Crippen LogP) is 0.113. The van der Waals surface area contributed by atoms with E-state index < -0.39 is 16.0 Å². The Morgan fingerprint density at radius 3 is 2.38 bits per heavy atom. The van der Waals surface area contributed by atoms with Gasteiger partial charge >= 0.3 is 5.97 Å². The molecule has 7 nitrogen and oxygen atoms in total. The van der Waals surface area contributed by atoms with Crippen LogP contribution in [0.25, 0.3) is 0 Å². The number of pyridine rings is 1. The van der Waals surface area contributed by atoms with Gasteiger partial charge in [0.2, 0.25) is 0 Å². The van der Waals surface area contributed by atoms with Gasteiger partial charge in [-0.25, -0.2) is 18.2 Å². The molecule has 0 saturated carbocycles. The first-order valence-corrected chi connectivity index (χ1v) is 8.05. The van der Waals surface area contributed by atoms with Gasteiger partial charge in [-0.05, 0) is 26.1 Å². The van der Waals surface area contributed by atoms with Crippen LogP contribution in [0.5, 0.6) is 0 Å². The van der Waals surface area contributed by atoms with Crippen LogP contribution in [0.2, 0.25) is 0 Å². The normalized spacial score (nSPS) is 17.7. The van der Waals surface area contributed by atoms with Gasteiger partial charge < -0.3 is 9.64 Å². The Hall–Kier alpha value is -1.51. The molecular formula is C13H19N3O4S. The van der Waals surface area contributed by atoms with Crippen molar-refractivity contribution in [1.29, 1.82) is 0 Å². The number of aromatic nitrogens is 1. The van der Waals surface area contributed by atoms with Crippen molar-refractivity contribution in [1.82, 2.24) is 14.2 Å². The first-order valence-electron chi connectivity index (χ1n) is 6.61. The van der Waals surface area contributed by atoms with E-state index in [1.165, 1.54) is 23.5 Å². The summed E-state index contributed by atoms with van der Waals surface area (Å²) in [4.78, 5) is 17.6. The number of hydrogen-bond donors (Lipinski definition) is 0. The van der Waals surface area contributed by atoms with E-state index in [-0.39, 0.29) is 10.6 Å². The van der Waals surface area contributed by atoms with Crippen molar-refractivity contribution in [2.24, 2.45) is 0 Å². The van der Waals surface area contributed by atoms with Gasteiger partial charge in [0.05, 0.1) is 18.4 Å². The zero-order chi connectivity index (χ0) is 15.6. The van der Waals surface area contributed by atoms with Crippen LogP contribution >= 0.6 is 0 Å². The van der Waals surface area contributed by atoms with Crippen molar-refractivity contribution in [3.05, 3.63) is 23.4 Å². The van der Waals surface area contributed by atoms with Gasteiger partial charge in [-0.1, -0.05) is 0 Å². The summed E-state index contributed by atoms with van der Waals surface area (Å²) in [7, 11) is -0.383. The highest BCUT2D eigenvalue weighted by Gasteiger charge is 2.29. The summed E-state index contributed by atoms with van der Waals surface area (Å²) in [5, 5.41) is -0.0304. The molecule has 116 valence electrons. The van der Waals surface area contributed by atoms with Gasteiger partial charge in [-0.2, -0.15) is 4.31 Å². The van der Waals surface area contributed by atoms with E-state index in [0.717, 1.165) is 0 Å². The number of carbonyl (C=O) groups excluding carboxylic acids is 1. The van der Waals surface area contributed by atoms with Crippen LogP contribution in [0.3, 0.4) is 0 Å². The maximum absolute atomic E-state index is 12.5. The Bertz CT molecular complexity index is 637. The average molecular weight is 313 g/mol. The van der Waals surface area contributed by atoms with Crippen LogP contribution in [0.4, 0.5) is 0 Å². The highest BCUT2D eigenvalue weighted by molar-refractivity contribution is 7.89. The zero-order valence-electron chi connectivity index (χ0n) is 12.4. The summed E-state index contributed by atoms with van der Waals surface area (Å²) >= 11 is 0. The van der Waals surface area contributed by atoms with Crippen molar-refractivity contribution in [3.8, 4) is 0 Å². The smallest absolute Gasteiger partial charge is 0.339 e. The van der Waals surface area contributed by atoms with Gasteiger partial charge in [0.1, 0.15) is 0 Å². The molecule has 0 aliphatic carbocycles. The minimum atomic E-state index is -3.61. The lowest BCUT2D eigenvalue weighted by Crippen LogP contribution is -2.47. The number of esters is 1. The topological polar surface area (TPSA) is 79.8 Å². The molecule has 1 fully saturated rings. The summed E-state index contributed by atoms with van der Waals surface area (Å²) in [5.41, 5.74) is 0.617. The van der Waals surface area contributed by atoms with E-state index in [1.54, 1.807) is 6.92 Å². The highest BCUT2D eigenvalue weighted by Crippen LogP contribution is 2.18. The van der Waals surface area contributed by atoms with Crippen molar-refractivity contribution in [2.75, 3.05) is 40.3 Å². The van der Waals surface area contributed by atoms with Crippen molar-refractivity contribution >= 4 is 16.0 Å². The van der Waals surface area contributed by atoms with Gasteiger partial charge in [0, 0.05) is 26.2 Å². The molecule has 0 atom stereocenters. The Labute approximate surface area is 124 Å². The molecular weight excluding hydrogens is 294 g/mol. The molecule has 0 bridgehead atoms. The van der Waals surface area contributed by atoms with E-state index in [0.29, 0.717) is 31.9 Å². The second-order valence-electron chi connectivity index (χ2n) is 4.98. The van der Waals surface area contributed by atoms with E-state index >= 15 is 0 Å².